The first-order valence-corrected chi connectivity index (χ1v) is 7.45. The molecule has 1 heterocycles. The number of aliphatic hydroxyl groups is 1. The van der Waals surface area contributed by atoms with E-state index in [0.29, 0.717) is 6.54 Å². The fraction of sp³-hybridized carbons (Fsp3) is 0.278. The summed E-state index contributed by atoms with van der Waals surface area (Å²) in [4.78, 5) is 14.0. The zero-order chi connectivity index (χ0) is 15.4. The number of benzene rings is 2. The molecular formula is C18H19NO3. The van der Waals surface area contributed by atoms with Crippen molar-refractivity contribution >= 4 is 6.09 Å². The Morgan fingerprint density at radius 2 is 1.86 bits per heavy atom. The van der Waals surface area contributed by atoms with Crippen molar-refractivity contribution in [2.24, 2.45) is 0 Å². The lowest BCUT2D eigenvalue weighted by Gasteiger charge is -2.35. The molecule has 0 bridgehead atoms. The highest BCUT2D eigenvalue weighted by molar-refractivity contribution is 5.69. The van der Waals surface area contributed by atoms with Gasteiger partial charge in [-0.3, -0.25) is 4.90 Å². The molecule has 4 heteroatoms. The van der Waals surface area contributed by atoms with E-state index in [1.54, 1.807) is 4.90 Å². The topological polar surface area (TPSA) is 49.8 Å². The van der Waals surface area contributed by atoms with Crippen molar-refractivity contribution in [3.63, 3.8) is 0 Å². The van der Waals surface area contributed by atoms with Gasteiger partial charge in [-0.15, -0.1) is 0 Å². The van der Waals surface area contributed by atoms with Crippen LogP contribution in [0.5, 0.6) is 0 Å². The van der Waals surface area contributed by atoms with Gasteiger partial charge in [-0.2, -0.15) is 0 Å². The van der Waals surface area contributed by atoms with Crippen LogP contribution in [0.2, 0.25) is 0 Å². The average Bonchev–Trinajstić information content (AvgIpc) is 2.59. The van der Waals surface area contributed by atoms with Crippen LogP contribution in [0.25, 0.3) is 0 Å². The van der Waals surface area contributed by atoms with Gasteiger partial charge in [-0.25, -0.2) is 4.79 Å². The van der Waals surface area contributed by atoms with Crippen molar-refractivity contribution in [1.29, 1.82) is 0 Å². The van der Waals surface area contributed by atoms with Gasteiger partial charge in [0.25, 0.3) is 0 Å². The maximum Gasteiger partial charge on any atom is 0.410 e. The molecule has 1 atom stereocenters. The minimum atomic E-state index is -0.377. The minimum absolute atomic E-state index is 0.0998. The van der Waals surface area contributed by atoms with Gasteiger partial charge in [0.1, 0.15) is 6.61 Å². The summed E-state index contributed by atoms with van der Waals surface area (Å²) < 4.78 is 5.39. The summed E-state index contributed by atoms with van der Waals surface area (Å²) in [7, 11) is 0. The molecule has 0 saturated heterocycles. The number of rotatable bonds is 3. The number of ether oxygens (including phenoxy) is 1. The maximum absolute atomic E-state index is 12.3. The first-order valence-electron chi connectivity index (χ1n) is 7.45. The van der Waals surface area contributed by atoms with Gasteiger partial charge in [0.15, 0.2) is 0 Å². The van der Waals surface area contributed by atoms with Crippen LogP contribution in [0.15, 0.2) is 54.6 Å². The summed E-state index contributed by atoms with van der Waals surface area (Å²) in [6.45, 7) is 0.712. The summed E-state index contributed by atoms with van der Waals surface area (Å²) in [6.07, 6.45) is 0.407. The summed E-state index contributed by atoms with van der Waals surface area (Å²) in [5.41, 5.74) is 3.15. The normalized spacial score (nSPS) is 17.0. The summed E-state index contributed by atoms with van der Waals surface area (Å²) in [5.74, 6) is 0. The smallest absolute Gasteiger partial charge is 0.410 e. The van der Waals surface area contributed by atoms with E-state index in [2.05, 4.69) is 0 Å². The quantitative estimate of drug-likeness (QED) is 0.947. The van der Waals surface area contributed by atoms with E-state index in [4.69, 9.17) is 4.74 Å². The number of carbonyl (C=O) groups is 1. The molecule has 22 heavy (non-hydrogen) atoms. The van der Waals surface area contributed by atoms with Gasteiger partial charge in [0.2, 0.25) is 0 Å². The fourth-order valence-electron chi connectivity index (χ4n) is 2.87. The van der Waals surface area contributed by atoms with Crippen molar-refractivity contribution in [3.05, 3.63) is 71.3 Å². The monoisotopic (exact) mass is 297 g/mol. The molecule has 0 radical (unpaired) electrons. The third-order valence-electron chi connectivity index (χ3n) is 4.02. The Morgan fingerprint density at radius 1 is 1.14 bits per heavy atom. The molecule has 1 amide bonds. The molecule has 0 fully saturated rings. The minimum Gasteiger partial charge on any atom is -0.445 e. The van der Waals surface area contributed by atoms with E-state index in [-0.39, 0.29) is 25.3 Å². The van der Waals surface area contributed by atoms with Crippen molar-refractivity contribution in [3.8, 4) is 0 Å². The van der Waals surface area contributed by atoms with Crippen molar-refractivity contribution in [2.75, 3.05) is 13.2 Å². The molecule has 4 nitrogen and oxygen atoms in total. The van der Waals surface area contributed by atoms with E-state index in [1.807, 2.05) is 54.6 Å². The zero-order valence-electron chi connectivity index (χ0n) is 12.3. The number of hydrogen-bond acceptors (Lipinski definition) is 3. The van der Waals surface area contributed by atoms with E-state index < -0.39 is 0 Å². The second-order valence-electron chi connectivity index (χ2n) is 5.38. The molecule has 1 aliphatic rings. The molecule has 114 valence electrons. The highest BCUT2D eigenvalue weighted by Gasteiger charge is 2.31. The molecule has 0 unspecified atom stereocenters. The van der Waals surface area contributed by atoms with Gasteiger partial charge >= 0.3 is 6.09 Å². The number of fused-ring (bicyclic) bond motifs is 1. The standard InChI is InChI=1S/C18H19NO3/c20-12-17-16-9-5-4-8-15(16)10-11-19(17)18(21)22-13-14-6-2-1-3-7-14/h1-9,17,20H,10-13H2/t17-/m1/s1. The lowest BCUT2D eigenvalue weighted by Crippen LogP contribution is -2.41. The number of nitrogens with zero attached hydrogens (tertiary/aromatic N) is 1. The third kappa shape index (κ3) is 2.97. The van der Waals surface area contributed by atoms with E-state index in [9.17, 15) is 9.90 Å². The lowest BCUT2D eigenvalue weighted by atomic mass is 9.93. The van der Waals surface area contributed by atoms with Gasteiger partial charge in [0, 0.05) is 6.54 Å². The van der Waals surface area contributed by atoms with Crippen LogP contribution in [-0.4, -0.2) is 29.3 Å². The van der Waals surface area contributed by atoms with Crippen molar-refractivity contribution in [2.45, 2.75) is 19.1 Å². The molecule has 0 aliphatic carbocycles. The van der Waals surface area contributed by atoms with Crippen LogP contribution in [0.3, 0.4) is 0 Å². The van der Waals surface area contributed by atoms with Crippen LogP contribution in [-0.2, 0) is 17.8 Å². The Bertz CT molecular complexity index is 642. The molecule has 0 saturated carbocycles. The Kier molecular flexibility index (Phi) is 4.39. The molecule has 0 aromatic heterocycles. The predicted octanol–water partition coefficient (Wildman–Crippen LogP) is 2.91. The molecule has 2 aromatic carbocycles. The van der Waals surface area contributed by atoms with Gasteiger partial charge in [-0.05, 0) is 23.1 Å². The van der Waals surface area contributed by atoms with Crippen LogP contribution < -0.4 is 0 Å². The number of amides is 1. The summed E-state index contributed by atoms with van der Waals surface area (Å²) in [5, 5.41) is 9.69. The maximum atomic E-state index is 12.3. The Labute approximate surface area is 130 Å². The highest BCUT2D eigenvalue weighted by atomic mass is 16.6. The van der Waals surface area contributed by atoms with Gasteiger partial charge < -0.3 is 9.84 Å². The van der Waals surface area contributed by atoms with Gasteiger partial charge in [-0.1, -0.05) is 54.6 Å². The first kappa shape index (κ1) is 14.6. The second kappa shape index (κ2) is 6.62. The largest absolute Gasteiger partial charge is 0.445 e. The number of carbonyl (C=O) groups excluding carboxylic acids is 1. The molecule has 1 aliphatic heterocycles. The molecular weight excluding hydrogens is 278 g/mol. The van der Waals surface area contributed by atoms with Crippen LogP contribution >= 0.6 is 0 Å². The molecule has 1 N–H and O–H groups in total. The Hall–Kier alpha value is -2.33. The molecule has 0 spiro atoms. The number of aliphatic hydroxyl groups excluding tert-OH is 1. The van der Waals surface area contributed by atoms with Gasteiger partial charge in [0.05, 0.1) is 12.6 Å². The van der Waals surface area contributed by atoms with E-state index in [1.165, 1.54) is 5.56 Å². The Morgan fingerprint density at radius 3 is 2.64 bits per heavy atom. The van der Waals surface area contributed by atoms with Crippen molar-refractivity contribution in [1.82, 2.24) is 4.90 Å². The zero-order valence-corrected chi connectivity index (χ0v) is 12.3. The fourth-order valence-corrected chi connectivity index (χ4v) is 2.87. The molecule has 2 aromatic rings. The van der Waals surface area contributed by atoms with E-state index >= 15 is 0 Å². The second-order valence-corrected chi connectivity index (χ2v) is 5.38. The number of hydrogen-bond donors (Lipinski definition) is 1. The third-order valence-corrected chi connectivity index (χ3v) is 4.02. The Balaban J connectivity index is 1.70. The van der Waals surface area contributed by atoms with Crippen molar-refractivity contribution < 1.29 is 14.6 Å². The summed E-state index contributed by atoms with van der Waals surface area (Å²) >= 11 is 0. The highest BCUT2D eigenvalue weighted by Crippen LogP contribution is 2.29. The lowest BCUT2D eigenvalue weighted by molar-refractivity contribution is 0.0603. The average molecular weight is 297 g/mol. The predicted molar refractivity (Wildman–Crippen MR) is 83.3 cm³/mol. The van der Waals surface area contributed by atoms with Crippen LogP contribution in [0, 0.1) is 0 Å². The summed E-state index contributed by atoms with van der Waals surface area (Å²) in [6, 6.07) is 17.2. The van der Waals surface area contributed by atoms with Crippen LogP contribution in [0.4, 0.5) is 4.79 Å². The molecule has 3 rings (SSSR count). The first-order chi connectivity index (χ1) is 10.8. The van der Waals surface area contributed by atoms with Crippen LogP contribution in [0.1, 0.15) is 22.7 Å². The van der Waals surface area contributed by atoms with E-state index in [0.717, 1.165) is 17.5 Å². The SMILES string of the molecule is O=C(OCc1ccccc1)N1CCc2ccccc2[C@H]1CO.